The molecule has 1 aromatic carbocycles. The summed E-state index contributed by atoms with van der Waals surface area (Å²) in [7, 11) is 0. The van der Waals surface area contributed by atoms with Crippen LogP contribution in [0.25, 0.3) is 0 Å². The normalized spacial score (nSPS) is 17.1. The maximum absolute atomic E-state index is 12.3. The molecule has 0 saturated carbocycles. The van der Waals surface area contributed by atoms with E-state index < -0.39 is 0 Å². The van der Waals surface area contributed by atoms with Crippen molar-refractivity contribution in [2.45, 2.75) is 17.9 Å². The van der Waals surface area contributed by atoms with E-state index in [0.717, 1.165) is 5.56 Å². The minimum absolute atomic E-state index is 0.111. The Morgan fingerprint density at radius 1 is 1.35 bits per heavy atom. The van der Waals surface area contributed by atoms with Crippen LogP contribution in [-0.2, 0) is 15.3 Å². The Morgan fingerprint density at radius 3 is 2.55 bits per heavy atom. The molecule has 0 radical (unpaired) electrons. The lowest BCUT2D eigenvalue weighted by Crippen LogP contribution is -2.44. The highest BCUT2D eigenvalue weighted by Crippen LogP contribution is 2.30. The van der Waals surface area contributed by atoms with Crippen LogP contribution in [0.4, 0.5) is 0 Å². The van der Waals surface area contributed by atoms with Crippen molar-refractivity contribution in [3.63, 3.8) is 0 Å². The van der Waals surface area contributed by atoms with Gasteiger partial charge in [0, 0.05) is 28.9 Å². The molecule has 1 aliphatic heterocycles. The molecule has 1 unspecified atom stereocenters. The number of ether oxygens (including phenoxy) is 1. The van der Waals surface area contributed by atoms with Crippen LogP contribution in [0.1, 0.15) is 12.5 Å². The average molecular weight is 334 g/mol. The number of carbonyl (C=O) groups excluding carboxylic acids is 1. The fraction of sp³-hybridized carbons (Fsp3) is 0.500. The van der Waals surface area contributed by atoms with Gasteiger partial charge in [-0.05, 0) is 24.6 Å². The van der Waals surface area contributed by atoms with E-state index in [1.165, 1.54) is 0 Å². The Morgan fingerprint density at radius 2 is 1.95 bits per heavy atom. The van der Waals surface area contributed by atoms with Gasteiger partial charge in [0.1, 0.15) is 0 Å². The largest absolute Gasteiger partial charge is 0.378 e. The van der Waals surface area contributed by atoms with Gasteiger partial charge in [0.05, 0.1) is 18.5 Å². The number of nitrogens with zero attached hydrogens (tertiary/aromatic N) is 1. The van der Waals surface area contributed by atoms with Crippen molar-refractivity contribution in [2.24, 2.45) is 0 Å². The molecule has 1 saturated heterocycles. The predicted molar refractivity (Wildman–Crippen MR) is 84.6 cm³/mol. The lowest BCUT2D eigenvalue weighted by Gasteiger charge is -2.29. The van der Waals surface area contributed by atoms with E-state index in [1.807, 2.05) is 30.0 Å². The Kier molecular flexibility index (Phi) is 6.02. The summed E-state index contributed by atoms with van der Waals surface area (Å²) in [6.45, 7) is 4.53. The van der Waals surface area contributed by atoms with Crippen LogP contribution in [0.5, 0.6) is 0 Å². The van der Waals surface area contributed by atoms with Gasteiger partial charge in [-0.25, -0.2) is 0 Å². The molecular weight excluding hydrogens is 317 g/mol. The Hall–Kier alpha value is -0.420. The monoisotopic (exact) mass is 333 g/mol. The number of hydrogen-bond donors (Lipinski definition) is 0. The molecule has 1 heterocycles. The molecule has 0 aliphatic carbocycles. The molecule has 0 aromatic heterocycles. The summed E-state index contributed by atoms with van der Waals surface area (Å²) in [6, 6.07) is 5.46. The summed E-state index contributed by atoms with van der Waals surface area (Å²) in [5.41, 5.74) is 0.891. The number of halogens is 2. The highest BCUT2D eigenvalue weighted by molar-refractivity contribution is 7.99. The summed E-state index contributed by atoms with van der Waals surface area (Å²) in [5, 5.41) is 1.19. The van der Waals surface area contributed by atoms with Crippen LogP contribution in [0, 0.1) is 0 Å². The van der Waals surface area contributed by atoms with E-state index >= 15 is 0 Å². The standard InChI is InChI=1S/C14H17Cl2NO2S/c1-10(14(18)17-5-7-19-8-6-17)20-9-11-12(15)3-2-4-13(11)16/h2-4,10H,5-9H2,1H3. The SMILES string of the molecule is CC(SCc1c(Cl)cccc1Cl)C(=O)N1CCOCC1. The first-order valence-electron chi connectivity index (χ1n) is 6.50. The molecule has 0 spiro atoms. The average Bonchev–Trinajstić information content (AvgIpc) is 2.46. The number of benzene rings is 1. The first kappa shape index (κ1) is 16.0. The molecule has 0 bridgehead atoms. The first-order valence-corrected chi connectivity index (χ1v) is 8.31. The maximum Gasteiger partial charge on any atom is 0.235 e. The Bertz CT molecular complexity index is 458. The van der Waals surface area contributed by atoms with Gasteiger partial charge in [-0.1, -0.05) is 29.3 Å². The van der Waals surface area contributed by atoms with Gasteiger partial charge in [0.15, 0.2) is 0 Å². The molecule has 1 aromatic rings. The molecule has 6 heteroatoms. The molecule has 3 nitrogen and oxygen atoms in total. The maximum atomic E-state index is 12.3. The van der Waals surface area contributed by atoms with Crippen molar-refractivity contribution in [3.05, 3.63) is 33.8 Å². The van der Waals surface area contributed by atoms with Crippen LogP contribution < -0.4 is 0 Å². The van der Waals surface area contributed by atoms with Crippen LogP contribution in [0.15, 0.2) is 18.2 Å². The number of amides is 1. The van der Waals surface area contributed by atoms with E-state index in [2.05, 4.69) is 0 Å². The molecule has 20 heavy (non-hydrogen) atoms. The van der Waals surface area contributed by atoms with Crippen molar-refractivity contribution in [1.82, 2.24) is 4.90 Å². The highest BCUT2D eigenvalue weighted by Gasteiger charge is 2.23. The number of carbonyl (C=O) groups is 1. The minimum Gasteiger partial charge on any atom is -0.378 e. The second-order valence-electron chi connectivity index (χ2n) is 4.59. The van der Waals surface area contributed by atoms with E-state index in [1.54, 1.807) is 11.8 Å². The zero-order valence-corrected chi connectivity index (χ0v) is 13.6. The van der Waals surface area contributed by atoms with Gasteiger partial charge in [-0.3, -0.25) is 4.79 Å². The van der Waals surface area contributed by atoms with Gasteiger partial charge in [0.25, 0.3) is 0 Å². The second-order valence-corrected chi connectivity index (χ2v) is 6.73. The zero-order chi connectivity index (χ0) is 14.5. The molecule has 1 fully saturated rings. The third-order valence-corrected chi connectivity index (χ3v) is 5.08. The molecule has 2 rings (SSSR count). The second kappa shape index (κ2) is 7.55. The van der Waals surface area contributed by atoms with Gasteiger partial charge in [0.2, 0.25) is 5.91 Å². The van der Waals surface area contributed by atoms with E-state index in [0.29, 0.717) is 42.1 Å². The fourth-order valence-corrected chi connectivity index (χ4v) is 3.70. The predicted octanol–water partition coefficient (Wildman–Crippen LogP) is 3.47. The summed E-state index contributed by atoms with van der Waals surface area (Å²) < 4.78 is 5.25. The van der Waals surface area contributed by atoms with Crippen LogP contribution >= 0.6 is 35.0 Å². The lowest BCUT2D eigenvalue weighted by molar-refractivity contribution is -0.134. The van der Waals surface area contributed by atoms with Crippen molar-refractivity contribution in [1.29, 1.82) is 0 Å². The summed E-state index contributed by atoms with van der Waals surface area (Å²) in [4.78, 5) is 14.1. The number of hydrogen-bond acceptors (Lipinski definition) is 3. The molecule has 1 atom stereocenters. The molecule has 1 amide bonds. The van der Waals surface area contributed by atoms with Crippen molar-refractivity contribution >= 4 is 40.9 Å². The smallest absolute Gasteiger partial charge is 0.235 e. The van der Waals surface area contributed by atoms with E-state index in [9.17, 15) is 4.79 Å². The van der Waals surface area contributed by atoms with Crippen LogP contribution in [0.3, 0.4) is 0 Å². The van der Waals surface area contributed by atoms with Gasteiger partial charge < -0.3 is 9.64 Å². The van der Waals surface area contributed by atoms with E-state index in [4.69, 9.17) is 27.9 Å². The summed E-state index contributed by atoms with van der Waals surface area (Å²) >= 11 is 13.8. The highest BCUT2D eigenvalue weighted by atomic mass is 35.5. The molecular formula is C14H17Cl2NO2S. The molecule has 110 valence electrons. The van der Waals surface area contributed by atoms with Crippen LogP contribution in [-0.4, -0.2) is 42.4 Å². The Labute approximate surface area is 133 Å². The minimum atomic E-state index is -0.111. The first-order chi connectivity index (χ1) is 9.59. The quantitative estimate of drug-likeness (QED) is 0.844. The zero-order valence-electron chi connectivity index (χ0n) is 11.3. The van der Waals surface area contributed by atoms with Gasteiger partial charge in [-0.15, -0.1) is 11.8 Å². The van der Waals surface area contributed by atoms with E-state index in [-0.39, 0.29) is 11.2 Å². The van der Waals surface area contributed by atoms with Crippen molar-refractivity contribution < 1.29 is 9.53 Å². The molecule has 1 aliphatic rings. The number of thioether (sulfide) groups is 1. The Balaban J connectivity index is 1.91. The third-order valence-electron chi connectivity index (χ3n) is 3.21. The third kappa shape index (κ3) is 4.04. The van der Waals surface area contributed by atoms with Crippen molar-refractivity contribution in [2.75, 3.05) is 26.3 Å². The number of morpholine rings is 1. The van der Waals surface area contributed by atoms with Crippen LogP contribution in [0.2, 0.25) is 10.0 Å². The molecule has 0 N–H and O–H groups in total. The topological polar surface area (TPSA) is 29.5 Å². The summed E-state index contributed by atoms with van der Waals surface area (Å²) in [5.74, 6) is 0.789. The summed E-state index contributed by atoms with van der Waals surface area (Å²) in [6.07, 6.45) is 0. The lowest BCUT2D eigenvalue weighted by atomic mass is 10.2. The van der Waals surface area contributed by atoms with Crippen molar-refractivity contribution in [3.8, 4) is 0 Å². The fourth-order valence-electron chi connectivity index (χ4n) is 1.99. The van der Waals surface area contributed by atoms with Gasteiger partial charge >= 0.3 is 0 Å². The number of rotatable bonds is 4. The van der Waals surface area contributed by atoms with Gasteiger partial charge in [-0.2, -0.15) is 0 Å².